The quantitative estimate of drug-likeness (QED) is 0.854. The van der Waals surface area contributed by atoms with Gasteiger partial charge < -0.3 is 5.32 Å². The number of amides is 1. The van der Waals surface area contributed by atoms with Crippen molar-refractivity contribution in [2.45, 2.75) is 35.4 Å². The van der Waals surface area contributed by atoms with Crippen LogP contribution >= 0.6 is 23.1 Å². The number of halogens is 1. The topological polar surface area (TPSA) is 42.0 Å². The van der Waals surface area contributed by atoms with Crippen LogP contribution in [0.2, 0.25) is 0 Å². The highest BCUT2D eigenvalue weighted by Gasteiger charge is 2.29. The van der Waals surface area contributed by atoms with Crippen LogP contribution in [0, 0.1) is 12.7 Å². The maximum absolute atomic E-state index is 13.1. The van der Waals surface area contributed by atoms with Gasteiger partial charge >= 0.3 is 0 Å². The second-order valence-corrected chi connectivity index (χ2v) is 7.30. The van der Waals surface area contributed by atoms with E-state index < -0.39 is 5.25 Å². The molecule has 110 valence electrons. The summed E-state index contributed by atoms with van der Waals surface area (Å²) in [6.07, 6.45) is 2.09. The number of nitrogens with zero attached hydrogens (tertiary/aromatic N) is 1. The predicted octanol–water partition coefficient (Wildman–Crippen LogP) is 3.70. The Labute approximate surface area is 131 Å². The van der Waals surface area contributed by atoms with E-state index in [-0.39, 0.29) is 11.7 Å². The number of carbonyl (C=O) groups is 1. The summed E-state index contributed by atoms with van der Waals surface area (Å²) in [7, 11) is 0. The fourth-order valence-electron chi connectivity index (χ4n) is 1.90. The standard InChI is InChI=1S/C15H15FN2OS2/c1-9-8-20-15(17-9)21-13(14(19)18-12-6-7-12)10-2-4-11(16)5-3-10/h2-5,8,12-13H,6-7H2,1H3,(H,18,19)/t13-/m1/s1. The summed E-state index contributed by atoms with van der Waals surface area (Å²) in [5, 5.41) is 4.59. The van der Waals surface area contributed by atoms with Crippen LogP contribution in [0.25, 0.3) is 0 Å². The minimum Gasteiger partial charge on any atom is -0.352 e. The molecule has 2 aromatic rings. The Hall–Kier alpha value is -1.40. The van der Waals surface area contributed by atoms with Gasteiger partial charge in [-0.25, -0.2) is 9.37 Å². The molecule has 1 N–H and O–H groups in total. The normalized spacial score (nSPS) is 15.7. The Kier molecular flexibility index (Phi) is 4.26. The number of hydrogen-bond donors (Lipinski definition) is 1. The van der Waals surface area contributed by atoms with E-state index in [0.29, 0.717) is 6.04 Å². The van der Waals surface area contributed by atoms with Crippen molar-refractivity contribution in [1.82, 2.24) is 10.3 Å². The summed E-state index contributed by atoms with van der Waals surface area (Å²) >= 11 is 2.94. The Balaban J connectivity index is 1.82. The fourth-order valence-corrected chi connectivity index (χ4v) is 3.95. The minimum absolute atomic E-state index is 0.0260. The third kappa shape index (κ3) is 3.83. The van der Waals surface area contributed by atoms with Crippen LogP contribution in [0.4, 0.5) is 4.39 Å². The number of nitrogens with one attached hydrogen (secondary N) is 1. The first-order valence-electron chi connectivity index (χ1n) is 6.76. The Morgan fingerprint density at radius 2 is 2.14 bits per heavy atom. The molecular formula is C15H15FN2OS2. The number of aromatic nitrogens is 1. The number of rotatable bonds is 5. The molecule has 0 aliphatic heterocycles. The van der Waals surface area contributed by atoms with Crippen molar-refractivity contribution in [1.29, 1.82) is 0 Å². The fraction of sp³-hybridized carbons (Fsp3) is 0.333. The van der Waals surface area contributed by atoms with Gasteiger partial charge in [0.15, 0.2) is 4.34 Å². The van der Waals surface area contributed by atoms with E-state index in [1.165, 1.54) is 35.2 Å². The molecule has 21 heavy (non-hydrogen) atoms. The smallest absolute Gasteiger partial charge is 0.238 e. The lowest BCUT2D eigenvalue weighted by Crippen LogP contribution is -2.29. The lowest BCUT2D eigenvalue weighted by Gasteiger charge is -2.15. The van der Waals surface area contributed by atoms with Crippen molar-refractivity contribution in [3.05, 3.63) is 46.7 Å². The molecule has 3 nitrogen and oxygen atoms in total. The van der Waals surface area contributed by atoms with Gasteiger partial charge in [0, 0.05) is 17.1 Å². The van der Waals surface area contributed by atoms with E-state index in [4.69, 9.17) is 0 Å². The van der Waals surface area contributed by atoms with Crippen LogP contribution in [0.5, 0.6) is 0 Å². The van der Waals surface area contributed by atoms with Gasteiger partial charge in [-0.05, 0) is 37.5 Å². The first-order valence-corrected chi connectivity index (χ1v) is 8.52. The van der Waals surface area contributed by atoms with Crippen molar-refractivity contribution < 1.29 is 9.18 Å². The number of carbonyl (C=O) groups excluding carboxylic acids is 1. The molecule has 1 aliphatic rings. The van der Waals surface area contributed by atoms with Crippen LogP contribution in [-0.2, 0) is 4.79 Å². The highest BCUT2D eigenvalue weighted by Crippen LogP contribution is 2.37. The van der Waals surface area contributed by atoms with E-state index in [1.54, 1.807) is 12.1 Å². The Morgan fingerprint density at radius 3 is 2.71 bits per heavy atom. The van der Waals surface area contributed by atoms with E-state index in [9.17, 15) is 9.18 Å². The van der Waals surface area contributed by atoms with Gasteiger partial charge in [0.05, 0.1) is 0 Å². The van der Waals surface area contributed by atoms with Gasteiger partial charge in [-0.2, -0.15) is 0 Å². The molecule has 1 atom stereocenters. The summed E-state index contributed by atoms with van der Waals surface area (Å²) in [6.45, 7) is 1.93. The maximum Gasteiger partial charge on any atom is 0.238 e. The van der Waals surface area contributed by atoms with E-state index in [2.05, 4.69) is 10.3 Å². The molecule has 0 bridgehead atoms. The van der Waals surface area contributed by atoms with Gasteiger partial charge in [-0.1, -0.05) is 23.9 Å². The van der Waals surface area contributed by atoms with Gasteiger partial charge in [-0.15, -0.1) is 11.3 Å². The number of benzene rings is 1. The highest BCUT2D eigenvalue weighted by molar-refractivity contribution is 8.01. The van der Waals surface area contributed by atoms with Crippen molar-refractivity contribution in [3.63, 3.8) is 0 Å². The number of thioether (sulfide) groups is 1. The molecule has 6 heteroatoms. The number of thiazole rings is 1. The molecule has 0 saturated heterocycles. The Bertz CT molecular complexity index is 637. The first-order chi connectivity index (χ1) is 10.1. The second kappa shape index (κ2) is 6.15. The summed E-state index contributed by atoms with van der Waals surface area (Å²) in [5.74, 6) is -0.322. The molecular weight excluding hydrogens is 307 g/mol. The molecule has 0 unspecified atom stereocenters. The van der Waals surface area contributed by atoms with E-state index >= 15 is 0 Å². The van der Waals surface area contributed by atoms with Gasteiger partial charge in [-0.3, -0.25) is 4.79 Å². The zero-order valence-electron chi connectivity index (χ0n) is 11.5. The Morgan fingerprint density at radius 1 is 1.43 bits per heavy atom. The molecule has 1 saturated carbocycles. The lowest BCUT2D eigenvalue weighted by atomic mass is 10.1. The molecule has 1 heterocycles. The van der Waals surface area contributed by atoms with Crippen molar-refractivity contribution >= 4 is 29.0 Å². The van der Waals surface area contributed by atoms with E-state index in [1.807, 2.05) is 12.3 Å². The first kappa shape index (κ1) is 14.5. The summed E-state index contributed by atoms with van der Waals surface area (Å²) in [4.78, 5) is 16.8. The highest BCUT2D eigenvalue weighted by atomic mass is 32.2. The van der Waals surface area contributed by atoms with Crippen LogP contribution in [0.1, 0.15) is 29.3 Å². The van der Waals surface area contributed by atoms with Crippen LogP contribution in [-0.4, -0.2) is 16.9 Å². The van der Waals surface area contributed by atoms with Crippen LogP contribution in [0.15, 0.2) is 34.0 Å². The average Bonchev–Trinajstić information content (AvgIpc) is 3.18. The summed E-state index contributed by atoms with van der Waals surface area (Å²) < 4.78 is 13.9. The maximum atomic E-state index is 13.1. The van der Waals surface area contributed by atoms with Crippen molar-refractivity contribution in [2.75, 3.05) is 0 Å². The molecule has 3 rings (SSSR count). The zero-order chi connectivity index (χ0) is 14.8. The third-order valence-electron chi connectivity index (χ3n) is 3.15. The van der Waals surface area contributed by atoms with Crippen molar-refractivity contribution in [3.8, 4) is 0 Å². The largest absolute Gasteiger partial charge is 0.352 e. The lowest BCUT2D eigenvalue weighted by molar-refractivity contribution is -0.120. The van der Waals surface area contributed by atoms with Crippen molar-refractivity contribution in [2.24, 2.45) is 0 Å². The summed E-state index contributed by atoms with van der Waals surface area (Å²) in [5.41, 5.74) is 1.75. The van der Waals surface area contributed by atoms with Gasteiger partial charge in [0.25, 0.3) is 0 Å². The van der Waals surface area contributed by atoms with Crippen LogP contribution < -0.4 is 5.32 Å². The average molecular weight is 322 g/mol. The van der Waals surface area contributed by atoms with E-state index in [0.717, 1.165) is 28.4 Å². The monoisotopic (exact) mass is 322 g/mol. The van der Waals surface area contributed by atoms with Gasteiger partial charge in [0.2, 0.25) is 5.91 Å². The minimum atomic E-state index is -0.392. The second-order valence-electron chi connectivity index (χ2n) is 5.09. The number of aryl methyl sites for hydroxylation is 1. The third-order valence-corrected chi connectivity index (χ3v) is 5.50. The molecule has 1 aromatic heterocycles. The molecule has 0 spiro atoms. The SMILES string of the molecule is Cc1csc(S[C@@H](C(=O)NC2CC2)c2ccc(F)cc2)n1. The zero-order valence-corrected chi connectivity index (χ0v) is 13.1. The molecule has 1 aromatic carbocycles. The molecule has 1 fully saturated rings. The van der Waals surface area contributed by atoms with Gasteiger partial charge in [0.1, 0.15) is 11.1 Å². The molecule has 1 amide bonds. The molecule has 1 aliphatic carbocycles. The predicted molar refractivity (Wildman–Crippen MR) is 83.0 cm³/mol. The number of hydrogen-bond acceptors (Lipinski definition) is 4. The van der Waals surface area contributed by atoms with Crippen LogP contribution in [0.3, 0.4) is 0 Å². The molecule has 0 radical (unpaired) electrons. The summed E-state index contributed by atoms with van der Waals surface area (Å²) in [6, 6.07) is 6.42.